The molecule has 0 bridgehead atoms. The molecule has 1 N–H and O–H groups in total. The molecular formula is C20H17N5OS. The van der Waals surface area contributed by atoms with Gasteiger partial charge in [0.05, 0.1) is 23.5 Å². The van der Waals surface area contributed by atoms with Gasteiger partial charge in [0.2, 0.25) is 0 Å². The lowest BCUT2D eigenvalue weighted by atomic mass is 10.1. The topological polar surface area (TPSA) is 72.3 Å². The summed E-state index contributed by atoms with van der Waals surface area (Å²) in [6, 6.07) is 11.8. The number of benzene rings is 1. The van der Waals surface area contributed by atoms with Crippen molar-refractivity contribution in [3.05, 3.63) is 66.2 Å². The fourth-order valence-corrected chi connectivity index (χ4v) is 3.95. The predicted molar refractivity (Wildman–Crippen MR) is 110 cm³/mol. The minimum absolute atomic E-state index is 0.688. The first kappa shape index (κ1) is 17.1. The van der Waals surface area contributed by atoms with Gasteiger partial charge in [0, 0.05) is 22.8 Å². The second kappa shape index (κ2) is 7.51. The average Bonchev–Trinajstić information content (AvgIpc) is 3.06. The molecule has 0 saturated heterocycles. The molecule has 0 aliphatic heterocycles. The number of anilines is 1. The van der Waals surface area contributed by atoms with E-state index in [4.69, 9.17) is 4.74 Å². The number of aryl methyl sites for hydroxylation is 1. The van der Waals surface area contributed by atoms with Gasteiger partial charge < -0.3 is 4.74 Å². The maximum absolute atomic E-state index is 5.24. The highest BCUT2D eigenvalue weighted by Crippen LogP contribution is 2.40. The summed E-state index contributed by atoms with van der Waals surface area (Å²) in [4.78, 5) is 14.0. The van der Waals surface area contributed by atoms with Gasteiger partial charge in [0.25, 0.3) is 0 Å². The Kier molecular flexibility index (Phi) is 4.76. The molecule has 0 radical (unpaired) electrons. The van der Waals surface area contributed by atoms with Gasteiger partial charge >= 0.3 is 0 Å². The van der Waals surface area contributed by atoms with Gasteiger partial charge in [0.15, 0.2) is 5.82 Å². The van der Waals surface area contributed by atoms with Crippen LogP contribution in [-0.4, -0.2) is 28.3 Å². The molecule has 6 nitrogen and oxygen atoms in total. The summed E-state index contributed by atoms with van der Waals surface area (Å²) in [6.45, 7) is 2.08. The Labute approximate surface area is 160 Å². The van der Waals surface area contributed by atoms with Crippen molar-refractivity contribution in [2.24, 2.45) is 5.10 Å². The summed E-state index contributed by atoms with van der Waals surface area (Å²) in [5, 5.41) is 4.28. The largest absolute Gasteiger partial charge is 0.497 e. The number of thiophene rings is 1. The van der Waals surface area contributed by atoms with E-state index in [1.54, 1.807) is 43.4 Å². The van der Waals surface area contributed by atoms with E-state index < -0.39 is 0 Å². The molecule has 3 heterocycles. The Bertz CT molecular complexity index is 1090. The van der Waals surface area contributed by atoms with Crippen LogP contribution in [0.15, 0.2) is 60.2 Å². The molecule has 3 aromatic heterocycles. The number of ether oxygens (including phenoxy) is 1. The van der Waals surface area contributed by atoms with E-state index in [1.165, 1.54) is 0 Å². The van der Waals surface area contributed by atoms with Gasteiger partial charge in [-0.2, -0.15) is 5.10 Å². The minimum atomic E-state index is 0.688. The molecule has 134 valence electrons. The Morgan fingerprint density at radius 3 is 2.74 bits per heavy atom. The number of fused-ring (bicyclic) bond motifs is 1. The molecule has 0 atom stereocenters. The van der Waals surface area contributed by atoms with E-state index in [1.807, 2.05) is 24.3 Å². The molecule has 4 aromatic rings. The molecule has 0 amide bonds. The van der Waals surface area contributed by atoms with Crippen molar-refractivity contribution >= 4 is 33.6 Å². The number of methoxy groups -OCH3 is 1. The molecule has 0 spiro atoms. The lowest BCUT2D eigenvalue weighted by Crippen LogP contribution is -1.94. The maximum Gasteiger partial charge on any atom is 0.167 e. The summed E-state index contributed by atoms with van der Waals surface area (Å²) in [5.41, 5.74) is 7.12. The van der Waals surface area contributed by atoms with Crippen LogP contribution in [-0.2, 0) is 0 Å². The number of hydrogen-bond acceptors (Lipinski definition) is 7. The molecule has 7 heteroatoms. The van der Waals surface area contributed by atoms with E-state index in [0.29, 0.717) is 5.82 Å². The van der Waals surface area contributed by atoms with E-state index in [0.717, 1.165) is 37.5 Å². The predicted octanol–water partition coefficient (Wildman–Crippen LogP) is 4.52. The molecule has 4 rings (SSSR count). The third-order valence-electron chi connectivity index (χ3n) is 4.12. The third kappa shape index (κ3) is 3.50. The van der Waals surface area contributed by atoms with Crippen LogP contribution in [0.4, 0.5) is 5.82 Å². The Morgan fingerprint density at radius 1 is 1.15 bits per heavy atom. The lowest BCUT2D eigenvalue weighted by molar-refractivity contribution is 0.415. The summed E-state index contributed by atoms with van der Waals surface area (Å²) in [5.74, 6) is 1.53. The van der Waals surface area contributed by atoms with Crippen molar-refractivity contribution in [1.29, 1.82) is 0 Å². The average molecular weight is 375 g/mol. The van der Waals surface area contributed by atoms with Gasteiger partial charge in [0.1, 0.15) is 12.1 Å². The Balaban J connectivity index is 1.67. The maximum atomic E-state index is 5.24. The highest BCUT2D eigenvalue weighted by Gasteiger charge is 2.15. The number of hydrazone groups is 1. The van der Waals surface area contributed by atoms with Crippen molar-refractivity contribution in [3.8, 4) is 16.2 Å². The summed E-state index contributed by atoms with van der Waals surface area (Å²) >= 11 is 1.65. The van der Waals surface area contributed by atoms with Crippen LogP contribution in [0, 0.1) is 6.92 Å². The molecule has 0 unspecified atom stereocenters. The number of aromatic nitrogens is 3. The fraction of sp³-hybridized carbons (Fsp3) is 0.100. The van der Waals surface area contributed by atoms with E-state index >= 15 is 0 Å². The number of nitrogens with one attached hydrogen (secondary N) is 1. The molecule has 0 fully saturated rings. The number of rotatable bonds is 5. The number of nitrogens with zero attached hydrogens (tertiary/aromatic N) is 4. The van der Waals surface area contributed by atoms with E-state index in [-0.39, 0.29) is 0 Å². The van der Waals surface area contributed by atoms with Crippen LogP contribution in [0.5, 0.6) is 5.75 Å². The Morgan fingerprint density at radius 2 is 2.00 bits per heavy atom. The zero-order chi connectivity index (χ0) is 18.6. The highest BCUT2D eigenvalue weighted by molar-refractivity contribution is 7.23. The van der Waals surface area contributed by atoms with Gasteiger partial charge in [-0.1, -0.05) is 6.07 Å². The van der Waals surface area contributed by atoms with Gasteiger partial charge in [-0.25, -0.2) is 9.97 Å². The second-order valence-electron chi connectivity index (χ2n) is 5.84. The summed E-state index contributed by atoms with van der Waals surface area (Å²) < 4.78 is 6.22. The minimum Gasteiger partial charge on any atom is -0.497 e. The van der Waals surface area contributed by atoms with Crippen LogP contribution in [0.25, 0.3) is 20.7 Å². The molecule has 0 aliphatic rings. The lowest BCUT2D eigenvalue weighted by Gasteiger charge is -2.02. The first-order chi connectivity index (χ1) is 13.3. The zero-order valence-electron chi connectivity index (χ0n) is 14.9. The van der Waals surface area contributed by atoms with Crippen molar-refractivity contribution < 1.29 is 4.74 Å². The normalized spacial score (nSPS) is 11.2. The van der Waals surface area contributed by atoms with E-state index in [2.05, 4.69) is 44.5 Å². The number of hydrogen-bond donors (Lipinski definition) is 1. The Hall–Kier alpha value is -3.32. The van der Waals surface area contributed by atoms with Crippen LogP contribution < -0.4 is 10.2 Å². The standard InChI is InChI=1S/C20H17N5OS/c1-13-17-19(27-18(13)15-5-7-16(26-2)8-6-15)20(23-12-22-17)25-24-11-14-4-3-9-21-10-14/h3-12H,1-2H3,(H,22,23,25)/b24-11+. The van der Waals surface area contributed by atoms with Crippen molar-refractivity contribution in [1.82, 2.24) is 15.0 Å². The fourth-order valence-electron chi connectivity index (χ4n) is 2.74. The van der Waals surface area contributed by atoms with E-state index in [9.17, 15) is 0 Å². The van der Waals surface area contributed by atoms with Crippen LogP contribution in [0.3, 0.4) is 0 Å². The van der Waals surface area contributed by atoms with Crippen molar-refractivity contribution in [2.45, 2.75) is 6.92 Å². The van der Waals surface area contributed by atoms with Crippen molar-refractivity contribution in [2.75, 3.05) is 12.5 Å². The smallest absolute Gasteiger partial charge is 0.167 e. The third-order valence-corrected chi connectivity index (χ3v) is 5.46. The molecule has 1 aromatic carbocycles. The van der Waals surface area contributed by atoms with Gasteiger partial charge in [-0.15, -0.1) is 11.3 Å². The monoisotopic (exact) mass is 375 g/mol. The van der Waals surface area contributed by atoms with Crippen LogP contribution in [0.1, 0.15) is 11.1 Å². The first-order valence-electron chi connectivity index (χ1n) is 8.34. The van der Waals surface area contributed by atoms with Gasteiger partial charge in [-0.3, -0.25) is 10.4 Å². The molecule has 0 saturated carbocycles. The number of pyridine rings is 1. The second-order valence-corrected chi connectivity index (χ2v) is 6.86. The SMILES string of the molecule is COc1ccc(-c2sc3c(N/N=C/c4cccnc4)ncnc3c2C)cc1. The zero-order valence-corrected chi connectivity index (χ0v) is 15.7. The van der Waals surface area contributed by atoms with Crippen LogP contribution >= 0.6 is 11.3 Å². The molecule has 27 heavy (non-hydrogen) atoms. The summed E-state index contributed by atoms with van der Waals surface area (Å²) in [6.07, 6.45) is 6.75. The van der Waals surface area contributed by atoms with Gasteiger partial charge in [-0.05, 0) is 48.4 Å². The summed E-state index contributed by atoms with van der Waals surface area (Å²) in [7, 11) is 1.67. The molecule has 0 aliphatic carbocycles. The quantitative estimate of drug-likeness (QED) is 0.410. The van der Waals surface area contributed by atoms with Crippen molar-refractivity contribution in [3.63, 3.8) is 0 Å². The van der Waals surface area contributed by atoms with Crippen LogP contribution in [0.2, 0.25) is 0 Å². The highest BCUT2D eigenvalue weighted by atomic mass is 32.1. The first-order valence-corrected chi connectivity index (χ1v) is 9.15. The molecular weight excluding hydrogens is 358 g/mol.